The molecule has 0 aromatic heterocycles. The first-order valence-corrected chi connectivity index (χ1v) is 12.2. The summed E-state index contributed by atoms with van der Waals surface area (Å²) >= 11 is 0. The zero-order valence-electron chi connectivity index (χ0n) is 22.2. The predicted octanol–water partition coefficient (Wildman–Crippen LogP) is 5.70. The molecule has 4 rings (SSSR count). The number of hydrogen-bond donors (Lipinski definition) is 1. The molecule has 0 spiro atoms. The Labute approximate surface area is 235 Å². The Balaban J connectivity index is 1.71. The molecule has 3 atom stereocenters. The third-order valence-electron chi connectivity index (χ3n) is 6.81. The third-order valence-corrected chi connectivity index (χ3v) is 6.81. The van der Waals surface area contributed by atoms with Crippen LogP contribution >= 0.6 is 0 Å². The van der Waals surface area contributed by atoms with Crippen LogP contribution in [0.15, 0.2) is 54.6 Å². The van der Waals surface area contributed by atoms with Gasteiger partial charge in [-0.1, -0.05) is 24.3 Å². The molecule has 0 aliphatic carbocycles. The number of aliphatic hydroxyl groups excluding tert-OH is 1. The third kappa shape index (κ3) is 5.26. The summed E-state index contributed by atoms with van der Waals surface area (Å²) in [5.74, 6) is -6.98. The molecule has 14 heteroatoms. The quantitative estimate of drug-likeness (QED) is 0.215. The molecular weight excluding hydrogens is 575 g/mol. The van der Waals surface area contributed by atoms with Crippen molar-refractivity contribution in [2.75, 3.05) is 23.5 Å². The molecule has 3 unspecified atom stereocenters. The number of ether oxygens (including phenoxy) is 1. The van der Waals surface area contributed by atoms with Gasteiger partial charge in [0.1, 0.15) is 6.04 Å². The van der Waals surface area contributed by atoms with E-state index in [0.29, 0.717) is 12.1 Å². The van der Waals surface area contributed by atoms with Gasteiger partial charge < -0.3 is 14.7 Å². The van der Waals surface area contributed by atoms with Gasteiger partial charge in [0.2, 0.25) is 0 Å². The lowest BCUT2D eigenvalue weighted by molar-refractivity contribution is -1.32. The molecule has 1 aliphatic rings. The van der Waals surface area contributed by atoms with E-state index in [1.165, 1.54) is 48.3 Å². The zero-order chi connectivity index (χ0) is 31.2. The van der Waals surface area contributed by atoms with Crippen LogP contribution in [0.5, 0.6) is 0 Å². The van der Waals surface area contributed by atoms with Crippen molar-refractivity contribution in [2.45, 2.75) is 38.1 Å². The number of anilines is 2. The number of aryl methyl sites for hydroxylation is 2. The summed E-state index contributed by atoms with van der Waals surface area (Å²) in [5.41, 5.74) is -1.86. The second-order valence-corrected chi connectivity index (χ2v) is 9.61. The first kappa shape index (κ1) is 30.8. The van der Waals surface area contributed by atoms with Crippen LogP contribution in [0.1, 0.15) is 37.4 Å². The van der Waals surface area contributed by atoms with Gasteiger partial charge in [-0.05, 0) is 67.4 Å². The van der Waals surface area contributed by atoms with E-state index in [4.69, 9.17) is 4.74 Å². The van der Waals surface area contributed by atoms with Gasteiger partial charge in [-0.25, -0.2) is 0 Å². The van der Waals surface area contributed by atoms with Crippen LogP contribution in [0.3, 0.4) is 0 Å². The van der Waals surface area contributed by atoms with Crippen LogP contribution in [0.2, 0.25) is 0 Å². The summed E-state index contributed by atoms with van der Waals surface area (Å²) in [7, 11) is 1.25. The lowest BCUT2D eigenvalue weighted by Gasteiger charge is -2.41. The van der Waals surface area contributed by atoms with Crippen LogP contribution < -0.4 is 9.80 Å². The molecule has 7 nitrogen and oxygen atoms in total. The number of carbonyl (C=O) groups is 2. The maximum absolute atomic E-state index is 14.7. The van der Waals surface area contributed by atoms with Crippen LogP contribution in [0.4, 0.5) is 42.4 Å². The Hall–Kier alpha value is -4.19. The van der Waals surface area contributed by atoms with Gasteiger partial charge in [0.25, 0.3) is 17.0 Å². The number of rotatable bonds is 7. The van der Waals surface area contributed by atoms with Crippen molar-refractivity contribution in [3.8, 4) is 0 Å². The molecule has 42 heavy (non-hydrogen) atoms. The number of hydrogen-bond acceptors (Lipinski definition) is 4. The maximum atomic E-state index is 14.7. The topological polar surface area (TPSA) is 70.1 Å². The minimum atomic E-state index is -6.31. The highest BCUT2D eigenvalue weighted by molar-refractivity contribution is 6.09. The maximum Gasteiger partial charge on any atom is 0.494 e. The Bertz CT molecular complexity index is 1460. The average molecular weight is 598 g/mol. The Morgan fingerprint density at radius 1 is 1.00 bits per heavy atom. The van der Waals surface area contributed by atoms with Gasteiger partial charge >= 0.3 is 12.0 Å². The first-order valence-electron chi connectivity index (χ1n) is 12.2. The zero-order valence-corrected chi connectivity index (χ0v) is 22.2. The number of amides is 2. The van der Waals surface area contributed by atoms with Crippen molar-refractivity contribution in [1.29, 1.82) is 0 Å². The van der Waals surface area contributed by atoms with Crippen molar-refractivity contribution in [1.82, 2.24) is 0 Å². The molecule has 1 heterocycles. The molecule has 3 aromatic rings. The van der Waals surface area contributed by atoms with E-state index >= 15 is 0 Å². The smallest absolute Gasteiger partial charge is 0.366 e. The molecule has 1 saturated heterocycles. The summed E-state index contributed by atoms with van der Waals surface area (Å²) in [5, 5.41) is 4.58. The SMILES string of the molecule is Cc1cc(C(F)(C(F)(F)F)[N+](F)(F)F)cc(C)c1N(C)C(=O)c1cccc(N(C(=O)c2c#cccc2)C2COC2O)c1. The second-order valence-electron chi connectivity index (χ2n) is 9.61. The van der Waals surface area contributed by atoms with Crippen molar-refractivity contribution in [3.63, 3.8) is 0 Å². The highest BCUT2D eigenvalue weighted by atomic mass is 19.6. The van der Waals surface area contributed by atoms with Gasteiger partial charge in [-0.15, -0.1) is 0 Å². The van der Waals surface area contributed by atoms with Crippen LogP contribution in [0, 0.1) is 26.0 Å². The second kappa shape index (κ2) is 10.9. The molecule has 1 aliphatic heterocycles. The average Bonchev–Trinajstić information content (AvgIpc) is 2.92. The Kier molecular flexibility index (Phi) is 7.98. The number of halogens is 7. The van der Waals surface area contributed by atoms with Crippen LogP contribution in [-0.2, 0) is 10.5 Å². The molecule has 1 fully saturated rings. The lowest BCUT2D eigenvalue weighted by Crippen LogP contribution is -2.58. The molecule has 0 bridgehead atoms. The van der Waals surface area contributed by atoms with Gasteiger partial charge in [-0.2, -0.15) is 17.6 Å². The van der Waals surface area contributed by atoms with Crippen molar-refractivity contribution < 1.29 is 55.6 Å². The normalized spacial score (nSPS) is 18.4. The molecule has 222 valence electrons. The Morgan fingerprint density at radius 2 is 1.64 bits per heavy atom. The summed E-state index contributed by atoms with van der Waals surface area (Å²) in [6.07, 6.45) is -7.62. The van der Waals surface area contributed by atoms with Crippen molar-refractivity contribution >= 4 is 23.2 Å². The van der Waals surface area contributed by atoms with E-state index in [0.717, 1.165) is 18.7 Å². The van der Waals surface area contributed by atoms with Gasteiger partial charge in [0.05, 0.1) is 31.2 Å². The number of benzene rings is 2. The number of quaternary nitrogens is 1. The van der Waals surface area contributed by atoms with E-state index in [-0.39, 0.29) is 40.2 Å². The standard InChI is InChI=1S/C28H23F7N3O4/c1-16-12-20(27(29,28(30,31)32)38(33,34)35)13-17(2)23(16)36(3)24(39)19-10-7-11-21(14-19)37(22-15-42-26(22)41)25(40)18-8-5-4-6-9-18/h4-5,7-8,10-14,22,26,41H,15H2,1-3H3/q+1. The highest BCUT2D eigenvalue weighted by Gasteiger charge is 2.79. The van der Waals surface area contributed by atoms with E-state index in [1.807, 2.05) is 0 Å². The molecule has 2 amide bonds. The van der Waals surface area contributed by atoms with Crippen molar-refractivity contribution in [3.05, 3.63) is 94.5 Å². The largest absolute Gasteiger partial charge is 0.494 e. The molecule has 0 saturated carbocycles. The number of aliphatic hydroxyl groups is 1. The fraction of sp³-hybridized carbons (Fsp3) is 0.286. The van der Waals surface area contributed by atoms with Crippen LogP contribution in [0.25, 0.3) is 0 Å². The first-order chi connectivity index (χ1) is 19.5. The minimum absolute atomic E-state index is 0.00308. The number of nitrogens with zero attached hydrogens (tertiary/aromatic N) is 3. The fourth-order valence-electron chi connectivity index (χ4n) is 4.75. The summed E-state index contributed by atoms with van der Waals surface area (Å²) in [4.78, 5) is 29.0. The van der Waals surface area contributed by atoms with E-state index in [1.54, 1.807) is 6.07 Å². The number of alkyl halides is 4. The summed E-state index contributed by atoms with van der Waals surface area (Å²) in [6.45, 7) is 2.30. The fourth-order valence-corrected chi connectivity index (χ4v) is 4.75. The Morgan fingerprint density at radius 3 is 2.12 bits per heavy atom. The summed E-state index contributed by atoms with van der Waals surface area (Å²) in [6, 6.07) is 15.6. The predicted molar refractivity (Wildman–Crippen MR) is 134 cm³/mol. The van der Waals surface area contributed by atoms with E-state index < -0.39 is 46.8 Å². The molecular formula is C28H23F7N3O4+. The molecule has 0 radical (unpaired) electrons. The van der Waals surface area contributed by atoms with Gasteiger partial charge in [-0.3, -0.25) is 14.5 Å². The number of carbonyl (C=O) groups excluding carboxylic acids is 2. The monoisotopic (exact) mass is 598 g/mol. The van der Waals surface area contributed by atoms with Gasteiger partial charge in [0.15, 0.2) is 6.29 Å². The molecule has 1 N–H and O–H groups in total. The minimum Gasteiger partial charge on any atom is -0.366 e. The van der Waals surface area contributed by atoms with Crippen LogP contribution in [-0.4, -0.2) is 54.2 Å². The summed E-state index contributed by atoms with van der Waals surface area (Å²) < 4.78 is 99.4. The van der Waals surface area contributed by atoms with Crippen molar-refractivity contribution in [2.24, 2.45) is 0 Å². The molecule has 3 aromatic carbocycles. The van der Waals surface area contributed by atoms with Gasteiger partial charge in [0, 0.05) is 24.0 Å². The van der Waals surface area contributed by atoms with E-state index in [2.05, 4.69) is 12.1 Å². The highest BCUT2D eigenvalue weighted by Crippen LogP contribution is 2.52. The van der Waals surface area contributed by atoms with E-state index in [9.17, 15) is 45.7 Å². The lowest BCUT2D eigenvalue weighted by atomic mass is 9.96.